The zero-order valence-corrected chi connectivity index (χ0v) is 11.0. The number of carboxylic acids is 1. The maximum Gasteiger partial charge on any atom is 0.416 e. The van der Waals surface area contributed by atoms with Gasteiger partial charge in [0.1, 0.15) is 6.04 Å². The molecule has 1 aromatic rings. The number of nitrogens with zero attached hydrogens (tertiary/aromatic N) is 1. The first-order chi connectivity index (χ1) is 9.29. The summed E-state index contributed by atoms with van der Waals surface area (Å²) in [6.07, 6.45) is -3.03. The van der Waals surface area contributed by atoms with E-state index in [9.17, 15) is 23.1 Å². The minimum Gasteiger partial charge on any atom is -0.480 e. The third-order valence-electron chi connectivity index (χ3n) is 3.68. The van der Waals surface area contributed by atoms with Crippen LogP contribution in [0.3, 0.4) is 0 Å². The standard InChI is InChI=1S/C14H16F3NO2/c1-9-6-7-18(12(8-9)13(19)20)11-4-2-10(3-5-11)14(15,16)17/h2-5,9,12H,6-8H2,1H3,(H,19,20). The highest BCUT2D eigenvalue weighted by Gasteiger charge is 2.33. The maximum absolute atomic E-state index is 12.5. The summed E-state index contributed by atoms with van der Waals surface area (Å²) in [4.78, 5) is 13.0. The van der Waals surface area contributed by atoms with Gasteiger partial charge in [0.05, 0.1) is 5.56 Å². The number of piperidine rings is 1. The molecule has 1 aliphatic rings. The van der Waals surface area contributed by atoms with E-state index in [-0.39, 0.29) is 0 Å². The molecule has 3 nitrogen and oxygen atoms in total. The molecule has 1 aromatic carbocycles. The van der Waals surface area contributed by atoms with E-state index in [0.717, 1.165) is 18.6 Å². The lowest BCUT2D eigenvalue weighted by Crippen LogP contribution is -2.47. The lowest BCUT2D eigenvalue weighted by atomic mass is 9.92. The van der Waals surface area contributed by atoms with Crippen molar-refractivity contribution in [2.24, 2.45) is 5.92 Å². The molecule has 6 heteroatoms. The zero-order valence-electron chi connectivity index (χ0n) is 11.0. The number of aliphatic carboxylic acids is 1. The number of hydrogen-bond donors (Lipinski definition) is 1. The summed E-state index contributed by atoms with van der Waals surface area (Å²) in [7, 11) is 0. The van der Waals surface area contributed by atoms with Gasteiger partial charge in [-0.2, -0.15) is 13.2 Å². The fourth-order valence-corrected chi connectivity index (χ4v) is 2.53. The molecule has 1 N–H and O–H groups in total. The van der Waals surface area contributed by atoms with Gasteiger partial charge in [-0.15, -0.1) is 0 Å². The molecule has 1 aliphatic heterocycles. The molecule has 110 valence electrons. The molecular formula is C14H16F3NO2. The number of alkyl halides is 3. The van der Waals surface area contributed by atoms with E-state index in [1.807, 2.05) is 6.92 Å². The first-order valence-corrected chi connectivity index (χ1v) is 6.45. The van der Waals surface area contributed by atoms with E-state index in [0.29, 0.717) is 24.6 Å². The van der Waals surface area contributed by atoms with Crippen LogP contribution >= 0.6 is 0 Å². The minimum atomic E-state index is -4.37. The average molecular weight is 287 g/mol. The van der Waals surface area contributed by atoms with E-state index >= 15 is 0 Å². The highest BCUT2D eigenvalue weighted by atomic mass is 19.4. The monoisotopic (exact) mass is 287 g/mol. The Kier molecular flexibility index (Phi) is 3.92. The third kappa shape index (κ3) is 3.05. The molecule has 1 heterocycles. The molecule has 0 radical (unpaired) electrons. The van der Waals surface area contributed by atoms with Crippen LogP contribution in [0.4, 0.5) is 18.9 Å². The average Bonchev–Trinajstić information content (AvgIpc) is 2.37. The Morgan fingerprint density at radius 3 is 2.40 bits per heavy atom. The molecule has 1 fully saturated rings. The highest BCUT2D eigenvalue weighted by molar-refractivity contribution is 5.78. The zero-order chi connectivity index (χ0) is 14.9. The predicted octanol–water partition coefficient (Wildman–Crippen LogP) is 3.39. The molecule has 2 rings (SSSR count). The Balaban J connectivity index is 2.23. The van der Waals surface area contributed by atoms with Crippen molar-refractivity contribution in [2.45, 2.75) is 32.0 Å². The van der Waals surface area contributed by atoms with Crippen molar-refractivity contribution >= 4 is 11.7 Å². The third-order valence-corrected chi connectivity index (χ3v) is 3.68. The SMILES string of the molecule is CC1CCN(c2ccc(C(F)(F)F)cc2)C(C(=O)O)C1. The summed E-state index contributed by atoms with van der Waals surface area (Å²) >= 11 is 0. The van der Waals surface area contributed by atoms with Crippen molar-refractivity contribution < 1.29 is 23.1 Å². The van der Waals surface area contributed by atoms with Gasteiger partial charge in [-0.1, -0.05) is 6.92 Å². The Bertz CT molecular complexity index is 484. The van der Waals surface area contributed by atoms with Crippen molar-refractivity contribution in [3.05, 3.63) is 29.8 Å². The fraction of sp³-hybridized carbons (Fsp3) is 0.500. The van der Waals surface area contributed by atoms with Gasteiger partial charge < -0.3 is 10.0 Å². The number of hydrogen-bond acceptors (Lipinski definition) is 2. The lowest BCUT2D eigenvalue weighted by Gasteiger charge is -2.37. The van der Waals surface area contributed by atoms with E-state index in [4.69, 9.17) is 0 Å². The highest BCUT2D eigenvalue weighted by Crippen LogP contribution is 2.33. The van der Waals surface area contributed by atoms with Gasteiger partial charge in [0.15, 0.2) is 0 Å². The van der Waals surface area contributed by atoms with Crippen LogP contribution in [0.15, 0.2) is 24.3 Å². The molecule has 1 saturated heterocycles. The molecule has 0 spiro atoms. The summed E-state index contributed by atoms with van der Waals surface area (Å²) in [5.41, 5.74) is -0.198. The predicted molar refractivity (Wildman–Crippen MR) is 68.6 cm³/mol. The Hall–Kier alpha value is -1.72. The molecule has 0 bridgehead atoms. The van der Waals surface area contributed by atoms with Crippen LogP contribution in [-0.2, 0) is 11.0 Å². The molecule has 20 heavy (non-hydrogen) atoms. The van der Waals surface area contributed by atoms with Crippen LogP contribution in [0.1, 0.15) is 25.3 Å². The largest absolute Gasteiger partial charge is 0.480 e. The van der Waals surface area contributed by atoms with Crippen molar-refractivity contribution in [1.29, 1.82) is 0 Å². The molecule has 2 atom stereocenters. The van der Waals surface area contributed by atoms with Crippen LogP contribution in [0, 0.1) is 5.92 Å². The number of halogens is 3. The minimum absolute atomic E-state index is 0.307. The van der Waals surface area contributed by atoms with Crippen molar-refractivity contribution in [3.63, 3.8) is 0 Å². The van der Waals surface area contributed by atoms with E-state index < -0.39 is 23.8 Å². The maximum atomic E-state index is 12.5. The number of anilines is 1. The van der Waals surface area contributed by atoms with Crippen molar-refractivity contribution in [1.82, 2.24) is 0 Å². The molecular weight excluding hydrogens is 271 g/mol. The van der Waals surface area contributed by atoms with E-state index in [1.165, 1.54) is 12.1 Å². The smallest absolute Gasteiger partial charge is 0.416 e. The van der Waals surface area contributed by atoms with Crippen LogP contribution in [0.5, 0.6) is 0 Å². The number of carbonyl (C=O) groups is 1. The van der Waals surface area contributed by atoms with E-state index in [2.05, 4.69) is 0 Å². The van der Waals surface area contributed by atoms with Gasteiger partial charge in [-0.05, 0) is 43.0 Å². The molecule has 0 amide bonds. The van der Waals surface area contributed by atoms with Gasteiger partial charge in [0, 0.05) is 12.2 Å². The van der Waals surface area contributed by atoms with Gasteiger partial charge >= 0.3 is 12.1 Å². The summed E-state index contributed by atoms with van der Waals surface area (Å²) in [6, 6.07) is 4.00. The van der Waals surface area contributed by atoms with Crippen LogP contribution < -0.4 is 4.90 Å². The first kappa shape index (κ1) is 14.7. The first-order valence-electron chi connectivity index (χ1n) is 6.45. The number of carboxylic acid groups (broad SMARTS) is 1. The summed E-state index contributed by atoms with van der Waals surface area (Å²) in [5.74, 6) is -0.627. The Morgan fingerprint density at radius 2 is 1.90 bits per heavy atom. The summed E-state index contributed by atoms with van der Waals surface area (Å²) in [5, 5.41) is 9.25. The van der Waals surface area contributed by atoms with Crippen molar-refractivity contribution in [3.8, 4) is 0 Å². The molecule has 0 aliphatic carbocycles. The van der Waals surface area contributed by atoms with Crippen molar-refractivity contribution in [2.75, 3.05) is 11.4 Å². The van der Waals surface area contributed by atoms with E-state index in [1.54, 1.807) is 4.90 Å². The second-order valence-electron chi connectivity index (χ2n) is 5.22. The van der Waals surface area contributed by atoms with Gasteiger partial charge in [0.25, 0.3) is 0 Å². The molecule has 0 aromatic heterocycles. The summed E-state index contributed by atoms with van der Waals surface area (Å²) in [6.45, 7) is 2.53. The van der Waals surface area contributed by atoms with Gasteiger partial charge in [-0.25, -0.2) is 4.79 Å². The Morgan fingerprint density at radius 1 is 1.30 bits per heavy atom. The number of rotatable bonds is 2. The van der Waals surface area contributed by atoms with Gasteiger partial charge in [0.2, 0.25) is 0 Å². The van der Waals surface area contributed by atoms with Crippen LogP contribution in [-0.4, -0.2) is 23.7 Å². The molecule has 0 saturated carbocycles. The van der Waals surface area contributed by atoms with Crippen LogP contribution in [0.25, 0.3) is 0 Å². The molecule has 2 unspecified atom stereocenters. The fourth-order valence-electron chi connectivity index (χ4n) is 2.53. The Labute approximate surface area is 115 Å². The topological polar surface area (TPSA) is 40.5 Å². The second kappa shape index (κ2) is 5.34. The number of benzene rings is 1. The normalized spacial score (nSPS) is 23.7. The lowest BCUT2D eigenvalue weighted by molar-refractivity contribution is -0.139. The van der Waals surface area contributed by atoms with Crippen LogP contribution in [0.2, 0.25) is 0 Å². The quantitative estimate of drug-likeness (QED) is 0.906. The summed E-state index contributed by atoms with van der Waals surface area (Å²) < 4.78 is 37.5. The van der Waals surface area contributed by atoms with Gasteiger partial charge in [-0.3, -0.25) is 0 Å². The second-order valence-corrected chi connectivity index (χ2v) is 5.22.